The van der Waals surface area contributed by atoms with Gasteiger partial charge in [-0.15, -0.1) is 21.5 Å². The maximum absolute atomic E-state index is 5.50. The minimum Gasteiger partial charge on any atom is -0.496 e. The first-order chi connectivity index (χ1) is 12.8. The number of hydrogen-bond acceptors (Lipinski definition) is 7. The highest BCUT2D eigenvalue weighted by molar-refractivity contribution is 8.00. The second-order valence-electron chi connectivity index (χ2n) is 5.39. The second kappa shape index (κ2) is 7.67. The van der Waals surface area contributed by atoms with Gasteiger partial charge in [-0.1, -0.05) is 23.9 Å². The zero-order valence-corrected chi connectivity index (χ0v) is 15.6. The van der Waals surface area contributed by atoms with Gasteiger partial charge in [0.05, 0.1) is 23.5 Å². The molecule has 2 heterocycles. The molecule has 2 aromatic carbocycles. The number of fused-ring (bicyclic) bond motifs is 1. The molecule has 2 aromatic heterocycles. The van der Waals surface area contributed by atoms with E-state index in [4.69, 9.17) is 4.74 Å². The van der Waals surface area contributed by atoms with Gasteiger partial charge in [0.1, 0.15) is 18.4 Å². The minimum absolute atomic E-state index is 0.775. The van der Waals surface area contributed by atoms with Crippen molar-refractivity contribution in [3.63, 3.8) is 0 Å². The van der Waals surface area contributed by atoms with Crippen LogP contribution in [-0.4, -0.2) is 33.2 Å². The minimum atomic E-state index is 0.775. The molecule has 0 aliphatic heterocycles. The lowest BCUT2D eigenvalue weighted by atomic mass is 10.1. The Morgan fingerprint density at radius 1 is 1.19 bits per heavy atom. The van der Waals surface area contributed by atoms with E-state index in [0.29, 0.717) is 0 Å². The zero-order chi connectivity index (χ0) is 17.8. The summed E-state index contributed by atoms with van der Waals surface area (Å²) in [5.41, 5.74) is 3.13. The van der Waals surface area contributed by atoms with Crippen molar-refractivity contribution in [1.29, 1.82) is 0 Å². The number of methoxy groups -OCH3 is 1. The average Bonchev–Trinajstić information content (AvgIpc) is 3.33. The Kier molecular flexibility index (Phi) is 4.94. The molecule has 0 fully saturated rings. The number of nitrogens with zero attached hydrogens (tertiary/aromatic N) is 5. The van der Waals surface area contributed by atoms with Gasteiger partial charge in [-0.3, -0.25) is 0 Å². The van der Waals surface area contributed by atoms with Crippen molar-refractivity contribution in [2.45, 2.75) is 10.1 Å². The van der Waals surface area contributed by atoms with Crippen LogP contribution in [0.15, 0.2) is 64.6 Å². The molecule has 4 rings (SSSR count). The van der Waals surface area contributed by atoms with Crippen LogP contribution in [0.3, 0.4) is 0 Å². The molecule has 0 N–H and O–H groups in total. The van der Waals surface area contributed by atoms with Crippen molar-refractivity contribution in [3.8, 4) is 5.75 Å². The zero-order valence-electron chi connectivity index (χ0n) is 13.9. The molecule has 130 valence electrons. The number of thioether (sulfide) groups is 1. The maximum Gasteiger partial charge on any atom is 0.151 e. The summed E-state index contributed by atoms with van der Waals surface area (Å²) in [6.45, 7) is 0. The van der Waals surface area contributed by atoms with Gasteiger partial charge in [0.15, 0.2) is 4.34 Å². The van der Waals surface area contributed by atoms with Crippen LogP contribution in [-0.2, 0) is 5.75 Å². The topological polar surface area (TPSA) is 65.2 Å². The molecule has 0 atom stereocenters. The molecule has 0 spiro atoms. The predicted octanol–water partition coefficient (Wildman–Crippen LogP) is 4.07. The lowest BCUT2D eigenvalue weighted by Crippen LogP contribution is -1.94. The van der Waals surface area contributed by atoms with E-state index in [1.165, 1.54) is 4.70 Å². The van der Waals surface area contributed by atoms with Crippen LogP contribution in [0, 0.1) is 0 Å². The van der Waals surface area contributed by atoms with Crippen LogP contribution in [0.25, 0.3) is 10.2 Å². The van der Waals surface area contributed by atoms with Gasteiger partial charge in [-0.2, -0.15) is 5.10 Å². The van der Waals surface area contributed by atoms with Crippen molar-refractivity contribution in [2.75, 3.05) is 7.11 Å². The fraction of sp³-hybridized carbons (Fsp3) is 0.111. The molecule has 0 bridgehead atoms. The predicted molar refractivity (Wildman–Crippen MR) is 105 cm³/mol. The molecule has 0 saturated heterocycles. The summed E-state index contributed by atoms with van der Waals surface area (Å²) in [6, 6.07) is 14.2. The van der Waals surface area contributed by atoms with Gasteiger partial charge in [-0.25, -0.2) is 9.66 Å². The van der Waals surface area contributed by atoms with Crippen LogP contribution in [0.2, 0.25) is 0 Å². The summed E-state index contributed by atoms with van der Waals surface area (Å²) >= 11 is 3.42. The molecule has 0 unspecified atom stereocenters. The molecule has 8 heteroatoms. The van der Waals surface area contributed by atoms with E-state index in [9.17, 15) is 0 Å². The molecule has 6 nitrogen and oxygen atoms in total. The summed E-state index contributed by atoms with van der Waals surface area (Å²) in [7, 11) is 1.69. The quantitative estimate of drug-likeness (QED) is 0.372. The van der Waals surface area contributed by atoms with Crippen molar-refractivity contribution in [1.82, 2.24) is 19.9 Å². The summed E-state index contributed by atoms with van der Waals surface area (Å²) in [5.74, 6) is 1.64. The summed E-state index contributed by atoms with van der Waals surface area (Å²) < 4.78 is 9.31. The first kappa shape index (κ1) is 16.7. The molecular formula is C18H15N5OS2. The van der Waals surface area contributed by atoms with Gasteiger partial charge in [0, 0.05) is 11.3 Å². The average molecular weight is 381 g/mol. The number of aromatic nitrogens is 4. The maximum atomic E-state index is 5.50. The van der Waals surface area contributed by atoms with E-state index < -0.39 is 0 Å². The monoisotopic (exact) mass is 381 g/mol. The lowest BCUT2D eigenvalue weighted by Gasteiger charge is -2.08. The SMILES string of the molecule is COc1ccc(/C=N\n2cnnc2)cc1CSc1nc2ccccc2s1. The molecule has 0 radical (unpaired) electrons. The van der Waals surface area contributed by atoms with Crippen LogP contribution in [0.4, 0.5) is 0 Å². The number of para-hydroxylation sites is 1. The first-order valence-electron chi connectivity index (χ1n) is 7.86. The van der Waals surface area contributed by atoms with Gasteiger partial charge < -0.3 is 4.74 Å². The van der Waals surface area contributed by atoms with Gasteiger partial charge in [0.2, 0.25) is 0 Å². The van der Waals surface area contributed by atoms with Crippen LogP contribution in [0.1, 0.15) is 11.1 Å². The standard InChI is InChI=1S/C18H15N5OS2/c1-24-16-7-6-13(9-21-23-11-19-20-12-23)8-14(16)10-25-18-22-15-4-2-3-5-17(15)26-18/h2-9,11-12H,10H2,1H3/b21-9-. The normalized spacial score (nSPS) is 11.4. The summed E-state index contributed by atoms with van der Waals surface area (Å²) in [5, 5.41) is 11.7. The fourth-order valence-corrected chi connectivity index (χ4v) is 4.48. The number of ether oxygens (including phenoxy) is 1. The van der Waals surface area contributed by atoms with Gasteiger partial charge in [0.25, 0.3) is 0 Å². The highest BCUT2D eigenvalue weighted by atomic mass is 32.2. The molecule has 26 heavy (non-hydrogen) atoms. The van der Waals surface area contributed by atoms with E-state index in [0.717, 1.165) is 32.5 Å². The Morgan fingerprint density at radius 2 is 2.04 bits per heavy atom. The molecule has 0 saturated carbocycles. The molecule has 0 aliphatic carbocycles. The number of benzene rings is 2. The van der Waals surface area contributed by atoms with Crippen molar-refractivity contribution in [2.24, 2.45) is 5.10 Å². The van der Waals surface area contributed by atoms with Crippen LogP contribution in [0.5, 0.6) is 5.75 Å². The Hall–Kier alpha value is -2.71. The largest absolute Gasteiger partial charge is 0.496 e. The van der Waals surface area contributed by atoms with E-state index in [1.54, 1.807) is 53.8 Å². The fourth-order valence-electron chi connectivity index (χ4n) is 2.43. The number of rotatable bonds is 6. The van der Waals surface area contributed by atoms with Crippen molar-refractivity contribution < 1.29 is 4.74 Å². The van der Waals surface area contributed by atoms with Crippen molar-refractivity contribution >= 4 is 39.5 Å². The van der Waals surface area contributed by atoms with E-state index >= 15 is 0 Å². The molecular weight excluding hydrogens is 366 g/mol. The lowest BCUT2D eigenvalue weighted by molar-refractivity contribution is 0.411. The number of thiazole rings is 1. The summed E-state index contributed by atoms with van der Waals surface area (Å²) in [4.78, 5) is 4.67. The van der Waals surface area contributed by atoms with Crippen LogP contribution < -0.4 is 4.74 Å². The Labute approximate surface area is 158 Å². The Bertz CT molecular complexity index is 1010. The third-order valence-electron chi connectivity index (χ3n) is 3.68. The van der Waals surface area contributed by atoms with Gasteiger partial charge >= 0.3 is 0 Å². The summed E-state index contributed by atoms with van der Waals surface area (Å²) in [6.07, 6.45) is 4.86. The van der Waals surface area contributed by atoms with Gasteiger partial charge in [-0.05, 0) is 35.9 Å². The van der Waals surface area contributed by atoms with E-state index in [1.807, 2.05) is 30.3 Å². The highest BCUT2D eigenvalue weighted by Gasteiger charge is 2.08. The second-order valence-corrected chi connectivity index (χ2v) is 7.65. The Balaban J connectivity index is 1.53. The van der Waals surface area contributed by atoms with Crippen LogP contribution >= 0.6 is 23.1 Å². The Morgan fingerprint density at radius 3 is 2.85 bits per heavy atom. The van der Waals surface area contributed by atoms with E-state index in [2.05, 4.69) is 32.4 Å². The highest BCUT2D eigenvalue weighted by Crippen LogP contribution is 2.33. The molecule has 0 amide bonds. The third-order valence-corrected chi connectivity index (χ3v) is 5.90. The molecule has 4 aromatic rings. The number of hydrogen-bond donors (Lipinski definition) is 0. The molecule has 0 aliphatic rings. The smallest absolute Gasteiger partial charge is 0.151 e. The van der Waals surface area contributed by atoms with E-state index in [-0.39, 0.29) is 0 Å². The first-order valence-corrected chi connectivity index (χ1v) is 9.66. The third kappa shape index (κ3) is 3.76. The van der Waals surface area contributed by atoms with Crippen molar-refractivity contribution in [3.05, 3.63) is 66.2 Å².